The summed E-state index contributed by atoms with van der Waals surface area (Å²) >= 11 is 4.80. The Morgan fingerprint density at radius 3 is 2.86 bits per heavy atom. The van der Waals surface area contributed by atoms with Crippen LogP contribution in [0, 0.1) is 0 Å². The standard InChI is InChI=1S/C10H7BrO2S/c11-9-2-6-1-8(5-13)14-10(6)3-7(9)4-12/h1-3,5,12H,4H2. The van der Waals surface area contributed by atoms with Crippen LogP contribution in [0.4, 0.5) is 0 Å². The Labute approximate surface area is 93.3 Å². The van der Waals surface area contributed by atoms with E-state index in [4.69, 9.17) is 5.11 Å². The molecule has 1 aromatic heterocycles. The minimum atomic E-state index is 0.00481. The molecule has 0 bridgehead atoms. The summed E-state index contributed by atoms with van der Waals surface area (Å²) in [5.74, 6) is 0. The van der Waals surface area contributed by atoms with E-state index in [1.807, 2.05) is 18.2 Å². The van der Waals surface area contributed by atoms with Gasteiger partial charge in [-0.2, -0.15) is 0 Å². The molecule has 0 radical (unpaired) electrons. The monoisotopic (exact) mass is 270 g/mol. The molecule has 72 valence electrons. The minimum Gasteiger partial charge on any atom is -0.392 e. The largest absolute Gasteiger partial charge is 0.392 e. The summed E-state index contributed by atoms with van der Waals surface area (Å²) in [5, 5.41) is 10.1. The second-order valence-corrected chi connectivity index (χ2v) is 4.88. The third kappa shape index (κ3) is 1.61. The summed E-state index contributed by atoms with van der Waals surface area (Å²) in [6, 6.07) is 5.67. The SMILES string of the molecule is O=Cc1cc2cc(Br)c(CO)cc2s1. The van der Waals surface area contributed by atoms with Gasteiger partial charge in [0.1, 0.15) is 0 Å². The molecule has 0 amide bonds. The van der Waals surface area contributed by atoms with Crippen molar-refractivity contribution in [3.63, 3.8) is 0 Å². The summed E-state index contributed by atoms with van der Waals surface area (Å²) in [7, 11) is 0. The van der Waals surface area contributed by atoms with Crippen LogP contribution in [-0.2, 0) is 6.61 Å². The first-order valence-electron chi connectivity index (χ1n) is 4.02. The van der Waals surface area contributed by atoms with Gasteiger partial charge in [0.25, 0.3) is 0 Å². The average Bonchev–Trinajstić information content (AvgIpc) is 2.58. The lowest BCUT2D eigenvalue weighted by Gasteiger charge is -1.99. The van der Waals surface area contributed by atoms with E-state index in [1.54, 1.807) is 0 Å². The predicted octanol–water partition coefficient (Wildman–Crippen LogP) is 2.97. The third-order valence-electron chi connectivity index (χ3n) is 1.99. The maximum absolute atomic E-state index is 10.6. The quantitative estimate of drug-likeness (QED) is 0.852. The molecule has 1 aromatic carbocycles. The van der Waals surface area contributed by atoms with Gasteiger partial charge in [0.15, 0.2) is 6.29 Å². The number of rotatable bonds is 2. The minimum absolute atomic E-state index is 0.00481. The molecule has 0 aliphatic carbocycles. The number of fused-ring (bicyclic) bond motifs is 1. The second kappa shape index (κ2) is 3.81. The van der Waals surface area contributed by atoms with Crippen molar-refractivity contribution in [2.24, 2.45) is 0 Å². The smallest absolute Gasteiger partial charge is 0.160 e. The van der Waals surface area contributed by atoms with Crippen molar-refractivity contribution < 1.29 is 9.90 Å². The van der Waals surface area contributed by atoms with Gasteiger partial charge in [0, 0.05) is 9.17 Å². The van der Waals surface area contributed by atoms with E-state index in [2.05, 4.69) is 15.9 Å². The van der Waals surface area contributed by atoms with Gasteiger partial charge in [-0.25, -0.2) is 0 Å². The average molecular weight is 271 g/mol. The lowest BCUT2D eigenvalue weighted by molar-refractivity contribution is 0.112. The molecule has 0 aliphatic rings. The Bertz CT molecular complexity index is 490. The van der Waals surface area contributed by atoms with Crippen molar-refractivity contribution in [2.75, 3.05) is 0 Å². The molecule has 0 fully saturated rings. The topological polar surface area (TPSA) is 37.3 Å². The first kappa shape index (κ1) is 9.83. The van der Waals surface area contributed by atoms with E-state index >= 15 is 0 Å². The fourth-order valence-electron chi connectivity index (χ4n) is 1.30. The maximum Gasteiger partial charge on any atom is 0.160 e. The number of halogens is 1. The fourth-order valence-corrected chi connectivity index (χ4v) is 2.71. The van der Waals surface area contributed by atoms with Crippen LogP contribution < -0.4 is 0 Å². The van der Waals surface area contributed by atoms with Crippen molar-refractivity contribution in [1.82, 2.24) is 0 Å². The highest BCUT2D eigenvalue weighted by atomic mass is 79.9. The molecular formula is C10H7BrO2S. The van der Waals surface area contributed by atoms with E-state index < -0.39 is 0 Å². The zero-order chi connectivity index (χ0) is 10.1. The molecule has 0 aliphatic heterocycles. The van der Waals surface area contributed by atoms with Gasteiger partial charge in [-0.05, 0) is 29.1 Å². The third-order valence-corrected chi connectivity index (χ3v) is 3.75. The molecule has 0 unspecified atom stereocenters. The maximum atomic E-state index is 10.6. The molecule has 2 nitrogen and oxygen atoms in total. The second-order valence-electron chi connectivity index (χ2n) is 2.91. The molecule has 1 heterocycles. The fraction of sp³-hybridized carbons (Fsp3) is 0.100. The highest BCUT2D eigenvalue weighted by Gasteiger charge is 2.05. The van der Waals surface area contributed by atoms with Crippen LogP contribution in [0.15, 0.2) is 22.7 Å². The molecular weight excluding hydrogens is 264 g/mol. The van der Waals surface area contributed by atoms with E-state index in [1.165, 1.54) is 11.3 Å². The highest BCUT2D eigenvalue weighted by molar-refractivity contribution is 9.10. The Morgan fingerprint density at radius 2 is 2.21 bits per heavy atom. The normalized spacial score (nSPS) is 10.7. The number of hydrogen-bond donors (Lipinski definition) is 1. The molecule has 2 aromatic rings. The predicted molar refractivity (Wildman–Crippen MR) is 60.8 cm³/mol. The number of benzene rings is 1. The molecule has 0 saturated heterocycles. The molecule has 0 saturated carbocycles. The number of thiophene rings is 1. The van der Waals surface area contributed by atoms with Crippen molar-refractivity contribution in [3.05, 3.63) is 33.1 Å². The Morgan fingerprint density at radius 1 is 1.43 bits per heavy atom. The first-order valence-corrected chi connectivity index (χ1v) is 5.63. The number of carbonyl (C=O) groups excluding carboxylic acids is 1. The van der Waals surface area contributed by atoms with Gasteiger partial charge >= 0.3 is 0 Å². The van der Waals surface area contributed by atoms with E-state index in [-0.39, 0.29) is 6.61 Å². The number of aliphatic hydroxyl groups excluding tert-OH is 1. The molecule has 14 heavy (non-hydrogen) atoms. The van der Waals surface area contributed by atoms with Gasteiger partial charge in [-0.3, -0.25) is 4.79 Å². The Hall–Kier alpha value is -0.710. The van der Waals surface area contributed by atoms with Crippen LogP contribution in [0.2, 0.25) is 0 Å². The lowest BCUT2D eigenvalue weighted by atomic mass is 10.2. The molecule has 4 heteroatoms. The molecule has 1 N–H and O–H groups in total. The van der Waals surface area contributed by atoms with Crippen molar-refractivity contribution >= 4 is 43.6 Å². The number of aliphatic hydroxyl groups is 1. The summed E-state index contributed by atoms with van der Waals surface area (Å²) in [6.45, 7) is 0.00481. The zero-order valence-corrected chi connectivity index (χ0v) is 9.56. The van der Waals surface area contributed by atoms with E-state index in [0.717, 1.165) is 26.4 Å². The first-order chi connectivity index (χ1) is 6.74. The zero-order valence-electron chi connectivity index (χ0n) is 7.16. The highest BCUT2D eigenvalue weighted by Crippen LogP contribution is 2.30. The van der Waals surface area contributed by atoms with Crippen LogP contribution in [0.3, 0.4) is 0 Å². The van der Waals surface area contributed by atoms with Gasteiger partial charge < -0.3 is 5.11 Å². The van der Waals surface area contributed by atoms with Crippen molar-refractivity contribution in [3.8, 4) is 0 Å². The van der Waals surface area contributed by atoms with Crippen molar-refractivity contribution in [1.29, 1.82) is 0 Å². The van der Waals surface area contributed by atoms with E-state index in [9.17, 15) is 4.79 Å². The van der Waals surface area contributed by atoms with Crippen molar-refractivity contribution in [2.45, 2.75) is 6.61 Å². The van der Waals surface area contributed by atoms with Crippen LogP contribution in [0.1, 0.15) is 15.2 Å². The van der Waals surface area contributed by atoms with Crippen LogP contribution >= 0.6 is 27.3 Å². The van der Waals surface area contributed by atoms with E-state index in [0.29, 0.717) is 4.88 Å². The van der Waals surface area contributed by atoms with Gasteiger partial charge in [-0.1, -0.05) is 15.9 Å². The Kier molecular flexibility index (Phi) is 2.67. The Balaban J connectivity index is 2.69. The van der Waals surface area contributed by atoms with Gasteiger partial charge in [-0.15, -0.1) is 11.3 Å². The molecule has 2 rings (SSSR count). The van der Waals surface area contributed by atoms with Gasteiger partial charge in [0.05, 0.1) is 11.5 Å². The summed E-state index contributed by atoms with van der Waals surface area (Å²) in [5.41, 5.74) is 0.844. The van der Waals surface area contributed by atoms with Gasteiger partial charge in [0.2, 0.25) is 0 Å². The van der Waals surface area contributed by atoms with Crippen LogP contribution in [0.5, 0.6) is 0 Å². The number of hydrogen-bond acceptors (Lipinski definition) is 3. The number of carbonyl (C=O) groups is 1. The molecule has 0 atom stereocenters. The molecule has 0 spiro atoms. The lowest BCUT2D eigenvalue weighted by Crippen LogP contribution is -1.83. The van der Waals surface area contributed by atoms with Crippen LogP contribution in [-0.4, -0.2) is 11.4 Å². The summed E-state index contributed by atoms with van der Waals surface area (Å²) in [6.07, 6.45) is 0.844. The summed E-state index contributed by atoms with van der Waals surface area (Å²) < 4.78 is 1.90. The summed E-state index contributed by atoms with van der Waals surface area (Å²) in [4.78, 5) is 11.3. The van der Waals surface area contributed by atoms with Crippen LogP contribution in [0.25, 0.3) is 10.1 Å². The number of aldehydes is 1.